The number of methoxy groups -OCH3 is 2. The Morgan fingerprint density at radius 3 is 2.59 bits per heavy atom. The van der Waals surface area contributed by atoms with Crippen molar-refractivity contribution in [3.05, 3.63) is 0 Å². The van der Waals surface area contributed by atoms with Crippen molar-refractivity contribution in [2.24, 2.45) is 17.8 Å². The summed E-state index contributed by atoms with van der Waals surface area (Å²) in [6.07, 6.45) is 3.19. The Balaban J connectivity index is 2.03. The molecule has 2 bridgehead atoms. The molecule has 1 amide bonds. The van der Waals surface area contributed by atoms with Crippen LogP contribution in [0.5, 0.6) is 0 Å². The summed E-state index contributed by atoms with van der Waals surface area (Å²) in [5.41, 5.74) is 0. The van der Waals surface area contributed by atoms with Gasteiger partial charge in [-0.05, 0) is 31.1 Å². The van der Waals surface area contributed by atoms with Gasteiger partial charge in [0.15, 0.2) is 0 Å². The molecule has 0 aromatic rings. The summed E-state index contributed by atoms with van der Waals surface area (Å²) in [4.78, 5) is 23.3. The quantitative estimate of drug-likeness (QED) is 0.721. The van der Waals surface area contributed by atoms with Crippen LogP contribution in [-0.2, 0) is 19.1 Å². The van der Waals surface area contributed by atoms with Gasteiger partial charge in [0.05, 0.1) is 13.0 Å². The van der Waals surface area contributed by atoms with E-state index in [4.69, 9.17) is 9.47 Å². The number of ether oxygens (including phenoxy) is 2. The highest BCUT2D eigenvalue weighted by molar-refractivity contribution is 5.80. The van der Waals surface area contributed by atoms with Gasteiger partial charge in [-0.15, -0.1) is 0 Å². The second kappa shape index (κ2) is 5.04. The molecule has 5 nitrogen and oxygen atoms in total. The van der Waals surface area contributed by atoms with Crippen LogP contribution in [-0.4, -0.2) is 38.7 Å². The molecule has 2 saturated carbocycles. The fourth-order valence-corrected chi connectivity index (χ4v) is 3.33. The summed E-state index contributed by atoms with van der Waals surface area (Å²) in [6, 6.07) is -0.0659. The van der Waals surface area contributed by atoms with Crippen LogP contribution in [0.1, 0.15) is 19.3 Å². The highest BCUT2D eigenvalue weighted by Crippen LogP contribution is 2.48. The van der Waals surface area contributed by atoms with E-state index in [1.165, 1.54) is 14.2 Å². The first-order valence-electron chi connectivity index (χ1n) is 6.03. The minimum absolute atomic E-state index is 0.0434. The summed E-state index contributed by atoms with van der Waals surface area (Å²) in [7, 11) is 2.89. The molecule has 0 heterocycles. The van der Waals surface area contributed by atoms with E-state index in [0.29, 0.717) is 11.8 Å². The molecule has 96 valence electrons. The van der Waals surface area contributed by atoms with Crippen molar-refractivity contribution in [3.63, 3.8) is 0 Å². The third-order valence-corrected chi connectivity index (χ3v) is 3.99. The molecule has 2 rings (SSSR count). The van der Waals surface area contributed by atoms with Gasteiger partial charge < -0.3 is 14.8 Å². The standard InChI is InChI=1S/C12H19NO4/c1-16-6-9(14)13-11-8-4-3-7(5-8)10(11)12(15)17-2/h7-8,10-11H,3-6H2,1-2H3,(H,13,14)/t7-,8-,10-,11+/m0/s1. The lowest BCUT2D eigenvalue weighted by Crippen LogP contribution is -2.48. The first-order chi connectivity index (χ1) is 8.17. The molecule has 2 fully saturated rings. The summed E-state index contributed by atoms with van der Waals surface area (Å²) in [5, 5.41) is 2.91. The number of hydrogen-bond donors (Lipinski definition) is 1. The zero-order valence-electron chi connectivity index (χ0n) is 10.3. The predicted molar refractivity (Wildman–Crippen MR) is 60.1 cm³/mol. The zero-order valence-corrected chi connectivity index (χ0v) is 10.3. The topological polar surface area (TPSA) is 64.6 Å². The first kappa shape index (κ1) is 12.4. The van der Waals surface area contributed by atoms with Gasteiger partial charge in [0.25, 0.3) is 0 Å². The molecule has 2 aliphatic carbocycles. The number of esters is 1. The largest absolute Gasteiger partial charge is 0.469 e. The summed E-state index contributed by atoms with van der Waals surface area (Å²) in [6.45, 7) is 0.0434. The Labute approximate surface area is 101 Å². The van der Waals surface area contributed by atoms with Gasteiger partial charge in [-0.2, -0.15) is 0 Å². The summed E-state index contributed by atoms with van der Waals surface area (Å²) >= 11 is 0. The first-order valence-corrected chi connectivity index (χ1v) is 6.03. The molecule has 0 unspecified atom stereocenters. The fraction of sp³-hybridized carbons (Fsp3) is 0.833. The Kier molecular flexibility index (Phi) is 3.66. The Morgan fingerprint density at radius 2 is 1.94 bits per heavy atom. The summed E-state index contributed by atoms with van der Waals surface area (Å²) < 4.78 is 9.62. The molecule has 0 aromatic heterocycles. The van der Waals surface area contributed by atoms with E-state index in [2.05, 4.69) is 5.32 Å². The molecule has 0 aliphatic heterocycles. The maximum atomic E-state index is 11.7. The predicted octanol–water partition coefficient (Wildman–Crippen LogP) is 0.337. The van der Waals surface area contributed by atoms with E-state index in [-0.39, 0.29) is 30.4 Å². The average Bonchev–Trinajstić information content (AvgIpc) is 2.89. The number of nitrogens with one attached hydrogen (secondary N) is 1. The van der Waals surface area contributed by atoms with E-state index >= 15 is 0 Å². The lowest BCUT2D eigenvalue weighted by Gasteiger charge is -2.29. The van der Waals surface area contributed by atoms with Crippen molar-refractivity contribution in [3.8, 4) is 0 Å². The van der Waals surface area contributed by atoms with Gasteiger partial charge in [0, 0.05) is 13.2 Å². The van der Waals surface area contributed by atoms with Crippen molar-refractivity contribution in [1.82, 2.24) is 5.32 Å². The normalized spacial score (nSPS) is 34.7. The zero-order chi connectivity index (χ0) is 12.4. The van der Waals surface area contributed by atoms with Gasteiger partial charge in [0.1, 0.15) is 6.61 Å². The molecule has 5 heteroatoms. The van der Waals surface area contributed by atoms with Crippen LogP contribution in [0.2, 0.25) is 0 Å². The Bertz CT molecular complexity index is 318. The number of carbonyl (C=O) groups excluding carboxylic acids is 2. The molecule has 4 atom stereocenters. The molecular weight excluding hydrogens is 222 g/mol. The van der Waals surface area contributed by atoms with Gasteiger partial charge in [0.2, 0.25) is 5.91 Å². The number of rotatable bonds is 4. The third-order valence-electron chi connectivity index (χ3n) is 3.99. The minimum Gasteiger partial charge on any atom is -0.469 e. The van der Waals surface area contributed by atoms with Crippen molar-refractivity contribution >= 4 is 11.9 Å². The molecule has 0 saturated heterocycles. The molecule has 0 aromatic carbocycles. The Morgan fingerprint density at radius 1 is 1.24 bits per heavy atom. The van der Waals surface area contributed by atoms with Crippen LogP contribution >= 0.6 is 0 Å². The van der Waals surface area contributed by atoms with E-state index in [0.717, 1.165) is 19.3 Å². The number of hydrogen-bond acceptors (Lipinski definition) is 4. The molecule has 2 aliphatic rings. The van der Waals surface area contributed by atoms with Gasteiger partial charge in [-0.1, -0.05) is 0 Å². The smallest absolute Gasteiger partial charge is 0.311 e. The Hall–Kier alpha value is -1.10. The fourth-order valence-electron chi connectivity index (χ4n) is 3.33. The maximum absolute atomic E-state index is 11.7. The summed E-state index contributed by atoms with van der Waals surface area (Å²) in [5.74, 6) is 0.281. The van der Waals surface area contributed by atoms with Crippen LogP contribution < -0.4 is 5.32 Å². The van der Waals surface area contributed by atoms with Gasteiger partial charge >= 0.3 is 5.97 Å². The second-order valence-electron chi connectivity index (χ2n) is 4.91. The monoisotopic (exact) mass is 241 g/mol. The van der Waals surface area contributed by atoms with E-state index in [1.54, 1.807) is 0 Å². The molecule has 1 N–H and O–H groups in total. The van der Waals surface area contributed by atoms with E-state index in [1.807, 2.05) is 0 Å². The van der Waals surface area contributed by atoms with Gasteiger partial charge in [-0.3, -0.25) is 9.59 Å². The van der Waals surface area contributed by atoms with E-state index < -0.39 is 0 Å². The molecule has 0 radical (unpaired) electrons. The third kappa shape index (κ3) is 2.29. The number of amides is 1. The van der Waals surface area contributed by atoms with E-state index in [9.17, 15) is 9.59 Å². The minimum atomic E-state index is -0.195. The van der Waals surface area contributed by atoms with Crippen molar-refractivity contribution in [1.29, 1.82) is 0 Å². The lowest BCUT2D eigenvalue weighted by molar-refractivity contribution is -0.148. The average molecular weight is 241 g/mol. The molecule has 0 spiro atoms. The van der Waals surface area contributed by atoms with Crippen LogP contribution in [0.15, 0.2) is 0 Å². The van der Waals surface area contributed by atoms with Gasteiger partial charge in [-0.25, -0.2) is 0 Å². The highest BCUT2D eigenvalue weighted by atomic mass is 16.5. The van der Waals surface area contributed by atoms with Crippen LogP contribution in [0, 0.1) is 17.8 Å². The highest BCUT2D eigenvalue weighted by Gasteiger charge is 2.51. The van der Waals surface area contributed by atoms with Crippen molar-refractivity contribution in [2.75, 3.05) is 20.8 Å². The van der Waals surface area contributed by atoms with Crippen LogP contribution in [0.3, 0.4) is 0 Å². The molecular formula is C12H19NO4. The van der Waals surface area contributed by atoms with Crippen molar-refractivity contribution in [2.45, 2.75) is 25.3 Å². The van der Waals surface area contributed by atoms with Crippen LogP contribution in [0.25, 0.3) is 0 Å². The molecule has 17 heavy (non-hydrogen) atoms. The second-order valence-corrected chi connectivity index (χ2v) is 4.91. The van der Waals surface area contributed by atoms with Crippen LogP contribution in [0.4, 0.5) is 0 Å². The van der Waals surface area contributed by atoms with Crippen molar-refractivity contribution < 1.29 is 19.1 Å². The maximum Gasteiger partial charge on any atom is 0.311 e. The lowest BCUT2D eigenvalue weighted by atomic mass is 9.84. The number of fused-ring (bicyclic) bond motifs is 2. The number of carbonyl (C=O) groups is 2. The SMILES string of the molecule is COCC(=O)N[C@@H]1[C@H]2CC[C@@H](C2)[C@@H]1C(=O)OC.